The van der Waals surface area contributed by atoms with Gasteiger partial charge in [-0.15, -0.1) is 0 Å². The molecule has 0 spiro atoms. The van der Waals surface area contributed by atoms with Crippen LogP contribution in [0.3, 0.4) is 0 Å². The van der Waals surface area contributed by atoms with Gasteiger partial charge in [-0.05, 0) is 31.6 Å². The highest BCUT2D eigenvalue weighted by molar-refractivity contribution is 5.78. The number of unbranched alkanes of at least 4 members (excludes halogenated alkanes) is 11. The van der Waals surface area contributed by atoms with Crippen LogP contribution in [0.15, 0.2) is 0 Å². The lowest BCUT2D eigenvalue weighted by molar-refractivity contribution is -0.155. The Morgan fingerprint density at radius 2 is 1.03 bits per heavy atom. The number of rotatable bonds is 27. The lowest BCUT2D eigenvalue weighted by atomic mass is 9.98. The summed E-state index contributed by atoms with van der Waals surface area (Å²) >= 11 is 0. The third kappa shape index (κ3) is 23.9. The fraction of sp³-hybridized carbons (Fsp3) is 0.906. The first-order chi connectivity index (χ1) is 18.9. The van der Waals surface area contributed by atoms with Crippen molar-refractivity contribution >= 4 is 17.9 Å². The molecule has 0 aromatic rings. The fourth-order valence-corrected chi connectivity index (χ4v) is 4.44. The van der Waals surface area contributed by atoms with E-state index >= 15 is 0 Å². The van der Waals surface area contributed by atoms with Gasteiger partial charge in [0.05, 0.1) is 32.8 Å². The number of carbonyl (C=O) groups excluding carboxylic acids is 3. The van der Waals surface area contributed by atoms with Crippen molar-refractivity contribution in [1.82, 2.24) is 4.90 Å². The van der Waals surface area contributed by atoms with Gasteiger partial charge in [0.25, 0.3) is 0 Å². The Balaban J connectivity index is 4.83. The Bertz CT molecular complexity index is 579. The van der Waals surface area contributed by atoms with Crippen LogP contribution < -0.4 is 0 Å². The van der Waals surface area contributed by atoms with E-state index < -0.39 is 17.9 Å². The van der Waals surface area contributed by atoms with Crippen LogP contribution in [-0.4, -0.2) is 61.8 Å². The maximum atomic E-state index is 12.9. The van der Waals surface area contributed by atoms with Crippen LogP contribution in [0.1, 0.15) is 144 Å². The molecule has 7 heteroatoms. The number of ether oxygens (including phenoxy) is 3. The molecule has 0 bridgehead atoms. The Hall–Kier alpha value is -1.63. The monoisotopic (exact) mass is 555 g/mol. The van der Waals surface area contributed by atoms with Crippen LogP contribution in [0.4, 0.5) is 0 Å². The van der Waals surface area contributed by atoms with Gasteiger partial charge in [-0.25, -0.2) is 0 Å². The maximum absolute atomic E-state index is 12.9. The SMILES string of the molecule is CCCCCCCCOC(=O)CN(CC(=O)OCCCCCCCC)CC(=O)OC(CCCC)CC(C)CC. The second-order valence-electron chi connectivity index (χ2n) is 11.1. The molecule has 0 aromatic heterocycles. The Morgan fingerprint density at radius 3 is 1.49 bits per heavy atom. The summed E-state index contributed by atoms with van der Waals surface area (Å²) in [7, 11) is 0. The Kier molecular flexibility index (Phi) is 25.5. The number of carbonyl (C=O) groups is 3. The van der Waals surface area contributed by atoms with Gasteiger partial charge >= 0.3 is 17.9 Å². The predicted molar refractivity (Wildman–Crippen MR) is 159 cm³/mol. The topological polar surface area (TPSA) is 82.1 Å². The summed E-state index contributed by atoms with van der Waals surface area (Å²) in [5.41, 5.74) is 0. The number of nitrogens with zero attached hydrogens (tertiary/aromatic N) is 1. The lowest BCUT2D eigenvalue weighted by Gasteiger charge is -2.24. The second-order valence-corrected chi connectivity index (χ2v) is 11.1. The molecule has 0 rings (SSSR count). The van der Waals surface area contributed by atoms with Crippen molar-refractivity contribution in [3.63, 3.8) is 0 Å². The van der Waals surface area contributed by atoms with E-state index in [1.807, 2.05) is 0 Å². The Labute approximate surface area is 240 Å². The average molecular weight is 556 g/mol. The summed E-state index contributed by atoms with van der Waals surface area (Å²) in [6, 6.07) is 0. The van der Waals surface area contributed by atoms with Crippen LogP contribution in [-0.2, 0) is 28.6 Å². The van der Waals surface area contributed by atoms with E-state index in [0.717, 1.165) is 70.6 Å². The molecule has 0 amide bonds. The van der Waals surface area contributed by atoms with E-state index in [0.29, 0.717) is 19.1 Å². The zero-order valence-electron chi connectivity index (χ0n) is 26.1. The van der Waals surface area contributed by atoms with Crippen LogP contribution >= 0.6 is 0 Å². The molecule has 0 aliphatic rings. The standard InChI is InChI=1S/C32H61NO6/c1-6-10-13-15-17-19-22-37-30(34)25-33(26-31(35)38-23-20-18-16-14-11-7-2)27-32(36)39-29(21-12-8-3)24-28(5)9-4/h28-29H,6-27H2,1-5H3. The van der Waals surface area contributed by atoms with Crippen molar-refractivity contribution < 1.29 is 28.6 Å². The van der Waals surface area contributed by atoms with Gasteiger partial charge in [-0.3, -0.25) is 19.3 Å². The van der Waals surface area contributed by atoms with Crippen molar-refractivity contribution in [3.8, 4) is 0 Å². The molecule has 0 heterocycles. The molecule has 230 valence electrons. The smallest absolute Gasteiger partial charge is 0.320 e. The fourth-order valence-electron chi connectivity index (χ4n) is 4.44. The van der Waals surface area contributed by atoms with Crippen molar-refractivity contribution in [3.05, 3.63) is 0 Å². The molecule has 39 heavy (non-hydrogen) atoms. The number of esters is 3. The first kappa shape index (κ1) is 37.4. The molecule has 0 aliphatic heterocycles. The first-order valence-electron chi connectivity index (χ1n) is 16.1. The van der Waals surface area contributed by atoms with Crippen molar-refractivity contribution in [2.24, 2.45) is 5.92 Å². The van der Waals surface area contributed by atoms with Crippen LogP contribution in [0.5, 0.6) is 0 Å². The van der Waals surface area contributed by atoms with Crippen molar-refractivity contribution in [1.29, 1.82) is 0 Å². The minimum atomic E-state index is -0.428. The summed E-state index contributed by atoms with van der Waals surface area (Å²) in [4.78, 5) is 39.4. The minimum Gasteiger partial charge on any atom is -0.465 e. The van der Waals surface area contributed by atoms with Gasteiger partial charge in [-0.2, -0.15) is 0 Å². The normalized spacial score (nSPS) is 12.8. The molecule has 7 nitrogen and oxygen atoms in total. The molecule has 0 fully saturated rings. The van der Waals surface area contributed by atoms with E-state index in [1.54, 1.807) is 0 Å². The van der Waals surface area contributed by atoms with Gasteiger partial charge in [0.2, 0.25) is 0 Å². The Morgan fingerprint density at radius 1 is 0.590 bits per heavy atom. The van der Waals surface area contributed by atoms with E-state index in [9.17, 15) is 14.4 Å². The molecular formula is C32H61NO6. The van der Waals surface area contributed by atoms with Gasteiger partial charge in [-0.1, -0.05) is 118 Å². The van der Waals surface area contributed by atoms with Gasteiger partial charge in [0, 0.05) is 0 Å². The summed E-state index contributed by atoms with van der Waals surface area (Å²) in [5, 5.41) is 0. The quantitative estimate of drug-likeness (QED) is 0.0585. The second kappa shape index (κ2) is 26.6. The largest absolute Gasteiger partial charge is 0.465 e. The minimum absolute atomic E-state index is 0.137. The van der Waals surface area contributed by atoms with Gasteiger partial charge in [0.1, 0.15) is 6.10 Å². The lowest BCUT2D eigenvalue weighted by Crippen LogP contribution is -2.41. The summed E-state index contributed by atoms with van der Waals surface area (Å²) in [6.45, 7) is 11.1. The molecule has 0 radical (unpaired) electrons. The first-order valence-corrected chi connectivity index (χ1v) is 16.1. The third-order valence-corrected chi connectivity index (χ3v) is 7.12. The van der Waals surface area contributed by atoms with Crippen LogP contribution in [0, 0.1) is 5.92 Å². The molecule has 2 unspecified atom stereocenters. The summed E-state index contributed by atoms with van der Waals surface area (Å²) < 4.78 is 16.6. The van der Waals surface area contributed by atoms with Crippen molar-refractivity contribution in [2.75, 3.05) is 32.8 Å². The zero-order chi connectivity index (χ0) is 29.1. The number of hydrogen-bond donors (Lipinski definition) is 0. The number of hydrogen-bond acceptors (Lipinski definition) is 7. The predicted octanol–water partition coefficient (Wildman–Crippen LogP) is 7.63. The average Bonchev–Trinajstić information content (AvgIpc) is 2.90. The van der Waals surface area contributed by atoms with E-state index in [-0.39, 0.29) is 25.7 Å². The highest BCUT2D eigenvalue weighted by atomic mass is 16.5. The zero-order valence-corrected chi connectivity index (χ0v) is 26.1. The molecular weight excluding hydrogens is 494 g/mol. The molecule has 0 aromatic carbocycles. The van der Waals surface area contributed by atoms with E-state index in [1.165, 1.54) is 43.4 Å². The third-order valence-electron chi connectivity index (χ3n) is 7.12. The van der Waals surface area contributed by atoms with Gasteiger partial charge in [0.15, 0.2) is 0 Å². The van der Waals surface area contributed by atoms with Gasteiger partial charge < -0.3 is 14.2 Å². The molecule has 0 saturated heterocycles. The highest BCUT2D eigenvalue weighted by Crippen LogP contribution is 2.18. The van der Waals surface area contributed by atoms with Crippen LogP contribution in [0.25, 0.3) is 0 Å². The maximum Gasteiger partial charge on any atom is 0.320 e. The van der Waals surface area contributed by atoms with E-state index in [2.05, 4.69) is 34.6 Å². The molecule has 0 N–H and O–H groups in total. The molecule has 0 aliphatic carbocycles. The van der Waals surface area contributed by atoms with E-state index in [4.69, 9.17) is 14.2 Å². The molecule has 0 saturated carbocycles. The highest BCUT2D eigenvalue weighted by Gasteiger charge is 2.23. The van der Waals surface area contributed by atoms with Crippen molar-refractivity contribution in [2.45, 2.75) is 150 Å². The summed E-state index contributed by atoms with van der Waals surface area (Å²) in [5.74, 6) is -0.805. The van der Waals surface area contributed by atoms with Crippen LogP contribution in [0.2, 0.25) is 0 Å². The molecule has 2 atom stereocenters. The summed E-state index contributed by atoms with van der Waals surface area (Å²) in [6.07, 6.45) is 17.8.